The second-order valence-corrected chi connectivity index (χ2v) is 8.90. The highest BCUT2D eigenvalue weighted by atomic mass is 16.1. The van der Waals surface area contributed by atoms with Gasteiger partial charge in [0.1, 0.15) is 17.2 Å². The summed E-state index contributed by atoms with van der Waals surface area (Å²) in [6.07, 6.45) is 2.91. The maximum absolute atomic E-state index is 12.2. The number of hydrogen-bond donors (Lipinski definition) is 0. The van der Waals surface area contributed by atoms with E-state index in [4.69, 9.17) is 0 Å². The number of aryl methyl sites for hydroxylation is 2. The molecule has 0 unspecified atom stereocenters. The van der Waals surface area contributed by atoms with Crippen molar-refractivity contribution in [2.45, 2.75) is 25.7 Å². The molecule has 0 aliphatic rings. The summed E-state index contributed by atoms with van der Waals surface area (Å²) in [7, 11) is 12.9. The first kappa shape index (κ1) is 20.3. The fourth-order valence-corrected chi connectivity index (χ4v) is 2.91. The number of rotatable bonds is 8. The van der Waals surface area contributed by atoms with Crippen molar-refractivity contribution in [3.05, 3.63) is 59.7 Å². The van der Waals surface area contributed by atoms with Gasteiger partial charge in [-0.1, -0.05) is 24.3 Å². The minimum atomic E-state index is 0.344. The summed E-state index contributed by atoms with van der Waals surface area (Å²) < 4.78 is 1.62. The van der Waals surface area contributed by atoms with Crippen molar-refractivity contribution < 1.29 is 4.79 Å². The minimum Gasteiger partial charge on any atom is -0.300 e. The molecule has 0 aliphatic carbocycles. The highest BCUT2D eigenvalue weighted by Crippen LogP contribution is 2.19. The van der Waals surface area contributed by atoms with Gasteiger partial charge in [-0.25, -0.2) is 0 Å². The third-order valence-corrected chi connectivity index (χ3v) is 4.81. The van der Waals surface area contributed by atoms with E-state index in [-0.39, 0.29) is 0 Å². The Morgan fingerprint density at radius 2 is 0.923 bits per heavy atom. The van der Waals surface area contributed by atoms with Crippen molar-refractivity contribution in [2.75, 3.05) is 42.3 Å². The van der Waals surface area contributed by atoms with Crippen LogP contribution in [0.15, 0.2) is 48.5 Å². The lowest BCUT2D eigenvalue weighted by Gasteiger charge is -2.23. The second kappa shape index (κ2) is 8.15. The quantitative estimate of drug-likeness (QED) is 0.649. The zero-order valence-corrected chi connectivity index (χ0v) is 17.2. The van der Waals surface area contributed by atoms with Crippen LogP contribution in [0.2, 0.25) is 0 Å². The average Bonchev–Trinajstić information content (AvgIpc) is 2.57. The van der Waals surface area contributed by atoms with Crippen LogP contribution in [0.4, 0.5) is 11.4 Å². The van der Waals surface area contributed by atoms with Crippen molar-refractivity contribution >= 4 is 17.2 Å². The van der Waals surface area contributed by atoms with Crippen LogP contribution in [-0.4, -0.2) is 48.1 Å². The topological polar surface area (TPSA) is 17.1 Å². The summed E-state index contributed by atoms with van der Waals surface area (Å²) in [6, 6.07) is 17.2. The lowest BCUT2D eigenvalue weighted by atomic mass is 10.0. The highest BCUT2D eigenvalue weighted by molar-refractivity contribution is 5.78. The molecule has 2 aromatic rings. The highest BCUT2D eigenvalue weighted by Gasteiger charge is 2.13. The van der Waals surface area contributed by atoms with E-state index in [9.17, 15) is 4.79 Å². The van der Waals surface area contributed by atoms with Gasteiger partial charge in [-0.15, -0.1) is 0 Å². The standard InChI is InChI=1S/C23H34N2O/c1-24(2,3)21-13-7-19(8-14-21)11-17-23(26)18-12-20-9-15-22(16-10-20)25(4,5)6/h7-10,13-16H,11-12,17-18H2,1-6H3/q+2. The van der Waals surface area contributed by atoms with Crippen LogP contribution in [0, 0.1) is 0 Å². The number of Topliss-reactive ketones (excluding diaryl/α,β-unsaturated/α-hetero) is 1. The molecule has 0 N–H and O–H groups in total. The molecule has 0 amide bonds. The van der Waals surface area contributed by atoms with E-state index in [1.54, 1.807) is 0 Å². The van der Waals surface area contributed by atoms with Crippen LogP contribution in [0.3, 0.4) is 0 Å². The summed E-state index contributed by atoms with van der Waals surface area (Å²) in [5, 5.41) is 0. The van der Waals surface area contributed by atoms with Gasteiger partial charge in [0.15, 0.2) is 0 Å². The Hall–Kier alpha value is -1.97. The van der Waals surface area contributed by atoms with Gasteiger partial charge in [-0.3, -0.25) is 13.8 Å². The maximum atomic E-state index is 12.2. The minimum absolute atomic E-state index is 0.344. The Bertz CT molecular complexity index is 653. The average molecular weight is 355 g/mol. The molecule has 0 aromatic heterocycles. The summed E-state index contributed by atoms with van der Waals surface area (Å²) in [6.45, 7) is 0. The summed E-state index contributed by atoms with van der Waals surface area (Å²) in [5.41, 5.74) is 5.03. The number of ketones is 1. The van der Waals surface area contributed by atoms with Gasteiger partial charge in [0, 0.05) is 12.8 Å². The van der Waals surface area contributed by atoms with E-state index < -0.39 is 0 Å². The van der Waals surface area contributed by atoms with Crippen molar-refractivity contribution in [1.29, 1.82) is 0 Å². The number of carbonyl (C=O) groups is 1. The lowest BCUT2D eigenvalue weighted by Crippen LogP contribution is -2.34. The van der Waals surface area contributed by atoms with Crippen LogP contribution >= 0.6 is 0 Å². The molecular formula is C23H34N2O+2. The molecule has 0 heterocycles. The normalized spacial score (nSPS) is 12.2. The molecule has 2 rings (SSSR count). The van der Waals surface area contributed by atoms with E-state index in [0.29, 0.717) is 18.6 Å². The number of carbonyl (C=O) groups excluding carboxylic acids is 1. The number of nitrogens with zero attached hydrogens (tertiary/aromatic N) is 2. The zero-order valence-electron chi connectivity index (χ0n) is 17.2. The molecule has 0 saturated carbocycles. The molecule has 0 radical (unpaired) electrons. The van der Waals surface area contributed by atoms with Gasteiger partial charge in [-0.05, 0) is 48.2 Å². The smallest absolute Gasteiger partial charge is 0.133 e. The van der Waals surface area contributed by atoms with Gasteiger partial charge in [-0.2, -0.15) is 0 Å². The third-order valence-electron chi connectivity index (χ3n) is 4.81. The molecule has 2 aromatic carbocycles. The van der Waals surface area contributed by atoms with Gasteiger partial charge in [0.05, 0.1) is 42.3 Å². The molecule has 0 aliphatic heterocycles. The molecule has 26 heavy (non-hydrogen) atoms. The molecule has 0 spiro atoms. The number of benzene rings is 2. The SMILES string of the molecule is C[N+](C)(C)c1ccc(CCC(=O)CCc2ccc([N+](C)(C)C)cc2)cc1. The van der Waals surface area contributed by atoms with E-state index in [0.717, 1.165) is 21.8 Å². The Morgan fingerprint density at radius 1 is 0.615 bits per heavy atom. The monoisotopic (exact) mass is 354 g/mol. The fourth-order valence-electron chi connectivity index (χ4n) is 2.91. The van der Waals surface area contributed by atoms with E-state index >= 15 is 0 Å². The summed E-state index contributed by atoms with van der Waals surface area (Å²) in [5.74, 6) is 0.344. The van der Waals surface area contributed by atoms with Gasteiger partial charge < -0.3 is 0 Å². The Morgan fingerprint density at radius 3 is 1.19 bits per heavy atom. The summed E-state index contributed by atoms with van der Waals surface area (Å²) in [4.78, 5) is 12.2. The lowest BCUT2D eigenvalue weighted by molar-refractivity contribution is -0.119. The molecule has 0 atom stereocenters. The Labute approximate surface area is 159 Å². The van der Waals surface area contributed by atoms with E-state index in [2.05, 4.69) is 90.8 Å². The van der Waals surface area contributed by atoms with Crippen LogP contribution in [0.5, 0.6) is 0 Å². The van der Waals surface area contributed by atoms with Crippen molar-refractivity contribution in [3.8, 4) is 0 Å². The first-order valence-corrected chi connectivity index (χ1v) is 9.39. The van der Waals surface area contributed by atoms with Gasteiger partial charge >= 0.3 is 0 Å². The second-order valence-electron chi connectivity index (χ2n) is 8.90. The Kier molecular flexibility index (Phi) is 6.38. The number of hydrogen-bond acceptors (Lipinski definition) is 1. The van der Waals surface area contributed by atoms with Crippen LogP contribution in [0.25, 0.3) is 0 Å². The van der Waals surface area contributed by atoms with Crippen LogP contribution in [-0.2, 0) is 17.6 Å². The molecule has 0 saturated heterocycles. The van der Waals surface area contributed by atoms with Crippen molar-refractivity contribution in [2.24, 2.45) is 0 Å². The Balaban J connectivity index is 1.80. The van der Waals surface area contributed by atoms with Gasteiger partial charge in [0.2, 0.25) is 0 Å². The van der Waals surface area contributed by atoms with Crippen molar-refractivity contribution in [1.82, 2.24) is 8.97 Å². The predicted molar refractivity (Wildman–Crippen MR) is 114 cm³/mol. The fraction of sp³-hybridized carbons (Fsp3) is 0.435. The molecular weight excluding hydrogens is 320 g/mol. The molecule has 3 nitrogen and oxygen atoms in total. The van der Waals surface area contributed by atoms with Crippen LogP contribution in [0.1, 0.15) is 24.0 Å². The first-order chi connectivity index (χ1) is 12.1. The van der Waals surface area contributed by atoms with Crippen molar-refractivity contribution in [3.63, 3.8) is 0 Å². The third kappa shape index (κ3) is 6.08. The van der Waals surface area contributed by atoms with Gasteiger partial charge in [0.25, 0.3) is 0 Å². The first-order valence-electron chi connectivity index (χ1n) is 9.39. The molecule has 0 fully saturated rings. The summed E-state index contributed by atoms with van der Waals surface area (Å²) >= 11 is 0. The van der Waals surface area contributed by atoms with Crippen LogP contribution < -0.4 is 8.97 Å². The number of quaternary nitrogens is 2. The molecule has 3 heteroatoms. The maximum Gasteiger partial charge on any atom is 0.133 e. The predicted octanol–water partition coefficient (Wildman–Crippen LogP) is 4.21. The largest absolute Gasteiger partial charge is 0.300 e. The zero-order chi connectivity index (χ0) is 19.4. The van der Waals surface area contributed by atoms with E-state index in [1.807, 2.05) is 0 Å². The van der Waals surface area contributed by atoms with E-state index in [1.165, 1.54) is 22.5 Å². The molecule has 0 bridgehead atoms. The molecule has 140 valence electrons.